The van der Waals surface area contributed by atoms with Crippen LogP contribution in [0.4, 0.5) is 4.79 Å². The number of rotatable bonds is 5. The Bertz CT molecular complexity index is 878. The van der Waals surface area contributed by atoms with Crippen LogP contribution < -0.4 is 10.6 Å². The van der Waals surface area contributed by atoms with E-state index >= 15 is 0 Å². The Morgan fingerprint density at radius 2 is 2.15 bits per heavy atom. The molecular weight excluding hydrogens is 356 g/mol. The summed E-state index contributed by atoms with van der Waals surface area (Å²) in [5.41, 5.74) is 1.78. The van der Waals surface area contributed by atoms with E-state index in [1.807, 2.05) is 24.3 Å². The van der Waals surface area contributed by atoms with Gasteiger partial charge in [0.1, 0.15) is 5.58 Å². The van der Waals surface area contributed by atoms with Crippen molar-refractivity contribution in [2.24, 2.45) is 0 Å². The van der Waals surface area contributed by atoms with Crippen LogP contribution >= 0.6 is 0 Å². The topological polar surface area (TPSA) is 94.9 Å². The molecule has 2 amide bonds. The first-order valence-electron chi connectivity index (χ1n) is 8.54. The number of fused-ring (bicyclic) bond motifs is 1. The Balaban J connectivity index is 1.52. The lowest BCUT2D eigenvalue weighted by Crippen LogP contribution is -2.53. The van der Waals surface area contributed by atoms with E-state index in [4.69, 9.17) is 4.42 Å². The number of benzene rings is 1. The molecule has 0 bridgehead atoms. The van der Waals surface area contributed by atoms with E-state index in [1.54, 1.807) is 6.26 Å². The van der Waals surface area contributed by atoms with Crippen molar-refractivity contribution in [2.75, 3.05) is 27.2 Å². The second kappa shape index (κ2) is 7.65. The van der Waals surface area contributed by atoms with Gasteiger partial charge in [0.25, 0.3) is 10.2 Å². The fourth-order valence-electron chi connectivity index (χ4n) is 3.05. The van der Waals surface area contributed by atoms with Gasteiger partial charge in [0.05, 0.1) is 6.26 Å². The van der Waals surface area contributed by atoms with Crippen molar-refractivity contribution in [3.8, 4) is 0 Å². The minimum absolute atomic E-state index is 0.199. The zero-order valence-electron chi connectivity index (χ0n) is 14.9. The third-order valence-electron chi connectivity index (χ3n) is 4.48. The summed E-state index contributed by atoms with van der Waals surface area (Å²) in [5, 5.41) is 6.68. The summed E-state index contributed by atoms with van der Waals surface area (Å²) in [5.74, 6) is 0. The zero-order chi connectivity index (χ0) is 18.7. The van der Waals surface area contributed by atoms with E-state index < -0.39 is 10.2 Å². The molecule has 1 aromatic carbocycles. The Morgan fingerprint density at radius 1 is 1.35 bits per heavy atom. The predicted molar refractivity (Wildman–Crippen MR) is 98.8 cm³/mol. The first-order chi connectivity index (χ1) is 12.4. The number of amides is 2. The molecule has 142 valence electrons. The molecule has 0 saturated carbocycles. The average Bonchev–Trinajstić information content (AvgIpc) is 3.08. The number of nitrogens with zero attached hydrogens (tertiary/aromatic N) is 2. The first kappa shape index (κ1) is 18.7. The maximum atomic E-state index is 12.2. The number of furan rings is 1. The predicted octanol–water partition coefficient (Wildman–Crippen LogP) is 1.50. The maximum absolute atomic E-state index is 12.2. The van der Waals surface area contributed by atoms with Crippen LogP contribution in [0, 0.1) is 0 Å². The van der Waals surface area contributed by atoms with Gasteiger partial charge in [-0.1, -0.05) is 6.07 Å². The largest absolute Gasteiger partial charge is 0.464 e. The van der Waals surface area contributed by atoms with Crippen LogP contribution in [0.5, 0.6) is 0 Å². The molecule has 0 aliphatic carbocycles. The second-order valence-electron chi connectivity index (χ2n) is 6.61. The van der Waals surface area contributed by atoms with Gasteiger partial charge in [0.2, 0.25) is 0 Å². The molecule has 2 N–H and O–H groups in total. The van der Waals surface area contributed by atoms with Crippen LogP contribution in [0.1, 0.15) is 18.4 Å². The summed E-state index contributed by atoms with van der Waals surface area (Å²) in [6.45, 7) is 1.15. The molecule has 3 rings (SSSR count). The van der Waals surface area contributed by atoms with Gasteiger partial charge >= 0.3 is 6.03 Å². The number of carbonyl (C=O) groups excluding carboxylic acids is 1. The van der Waals surface area contributed by atoms with Crippen LogP contribution in [-0.4, -0.2) is 56.3 Å². The summed E-state index contributed by atoms with van der Waals surface area (Å²) < 4.78 is 32.4. The van der Waals surface area contributed by atoms with Crippen molar-refractivity contribution in [2.45, 2.75) is 25.4 Å². The second-order valence-corrected chi connectivity index (χ2v) is 8.75. The van der Waals surface area contributed by atoms with Gasteiger partial charge in [-0.2, -0.15) is 17.0 Å². The van der Waals surface area contributed by atoms with Gasteiger partial charge in [-0.25, -0.2) is 4.79 Å². The molecule has 1 aromatic heterocycles. The molecule has 26 heavy (non-hydrogen) atoms. The van der Waals surface area contributed by atoms with E-state index in [9.17, 15) is 13.2 Å². The molecule has 0 radical (unpaired) electrons. The Labute approximate surface area is 153 Å². The summed E-state index contributed by atoms with van der Waals surface area (Å²) in [6.07, 6.45) is 3.11. The minimum Gasteiger partial charge on any atom is -0.464 e. The average molecular weight is 380 g/mol. The third kappa shape index (κ3) is 4.17. The summed E-state index contributed by atoms with van der Waals surface area (Å²) in [7, 11) is -0.433. The molecule has 2 heterocycles. The lowest BCUT2D eigenvalue weighted by atomic mass is 10.1. The fourth-order valence-corrected chi connectivity index (χ4v) is 4.24. The molecule has 0 spiro atoms. The highest BCUT2D eigenvalue weighted by Crippen LogP contribution is 2.17. The fraction of sp³-hybridized carbons (Fsp3) is 0.471. The quantitative estimate of drug-likeness (QED) is 0.822. The lowest BCUT2D eigenvalue weighted by Gasteiger charge is -2.33. The van der Waals surface area contributed by atoms with Crippen LogP contribution in [-0.2, 0) is 16.8 Å². The smallest absolute Gasteiger partial charge is 0.315 e. The van der Waals surface area contributed by atoms with Crippen molar-refractivity contribution < 1.29 is 17.6 Å². The van der Waals surface area contributed by atoms with Crippen LogP contribution in [0.25, 0.3) is 11.0 Å². The summed E-state index contributed by atoms with van der Waals surface area (Å²) in [4.78, 5) is 12.2. The van der Waals surface area contributed by atoms with Gasteiger partial charge in [-0.15, -0.1) is 0 Å². The third-order valence-corrected chi connectivity index (χ3v) is 6.38. The molecule has 0 unspecified atom stereocenters. The summed E-state index contributed by atoms with van der Waals surface area (Å²) >= 11 is 0. The molecular formula is C17H24N4O4S. The van der Waals surface area contributed by atoms with Crippen molar-refractivity contribution in [3.05, 3.63) is 36.1 Å². The van der Waals surface area contributed by atoms with Crippen LogP contribution in [0.3, 0.4) is 0 Å². The molecule has 1 fully saturated rings. The Morgan fingerprint density at radius 3 is 2.92 bits per heavy atom. The van der Waals surface area contributed by atoms with Gasteiger partial charge in [0.15, 0.2) is 0 Å². The number of piperidine rings is 1. The van der Waals surface area contributed by atoms with E-state index in [2.05, 4.69) is 10.6 Å². The minimum atomic E-state index is -3.45. The Hall–Kier alpha value is -2.10. The molecule has 1 saturated heterocycles. The van der Waals surface area contributed by atoms with E-state index in [0.29, 0.717) is 13.1 Å². The highest BCUT2D eigenvalue weighted by atomic mass is 32.2. The van der Waals surface area contributed by atoms with E-state index in [-0.39, 0.29) is 18.6 Å². The zero-order valence-corrected chi connectivity index (χ0v) is 15.8. The number of hydrogen-bond acceptors (Lipinski definition) is 4. The SMILES string of the molecule is CN(C)S(=O)(=O)N1CCC[C@@H](NC(=O)NCc2ccc3occc3c2)C1. The number of carbonyl (C=O) groups is 1. The molecule has 1 atom stereocenters. The van der Waals surface area contributed by atoms with Crippen molar-refractivity contribution in [3.63, 3.8) is 0 Å². The van der Waals surface area contributed by atoms with Gasteiger partial charge in [-0.3, -0.25) is 0 Å². The molecule has 1 aliphatic rings. The highest BCUT2D eigenvalue weighted by molar-refractivity contribution is 7.86. The van der Waals surface area contributed by atoms with Crippen LogP contribution in [0.15, 0.2) is 34.9 Å². The number of urea groups is 1. The normalized spacial score (nSPS) is 19.0. The van der Waals surface area contributed by atoms with Crippen molar-refractivity contribution >= 4 is 27.2 Å². The lowest BCUT2D eigenvalue weighted by molar-refractivity contribution is 0.223. The van der Waals surface area contributed by atoms with Crippen molar-refractivity contribution in [1.82, 2.24) is 19.2 Å². The van der Waals surface area contributed by atoms with Gasteiger partial charge < -0.3 is 15.1 Å². The highest BCUT2D eigenvalue weighted by Gasteiger charge is 2.30. The summed E-state index contributed by atoms with van der Waals surface area (Å²) in [6, 6.07) is 7.11. The number of hydrogen-bond donors (Lipinski definition) is 2. The van der Waals surface area contributed by atoms with E-state index in [0.717, 1.165) is 29.4 Å². The maximum Gasteiger partial charge on any atom is 0.315 e. The molecule has 9 heteroatoms. The monoisotopic (exact) mass is 380 g/mol. The van der Waals surface area contributed by atoms with Crippen LogP contribution in [0.2, 0.25) is 0 Å². The standard InChI is InChI=1S/C17H24N4O4S/c1-20(2)26(23,24)21-8-3-4-15(12-21)19-17(22)18-11-13-5-6-16-14(10-13)7-9-25-16/h5-7,9-10,15H,3-4,8,11-12H2,1-2H3,(H2,18,19,22)/t15-/m1/s1. The first-order valence-corrected chi connectivity index (χ1v) is 9.94. The van der Waals surface area contributed by atoms with Crippen molar-refractivity contribution in [1.29, 1.82) is 0 Å². The molecule has 2 aromatic rings. The molecule has 1 aliphatic heterocycles. The van der Waals surface area contributed by atoms with Gasteiger partial charge in [0, 0.05) is 45.2 Å². The number of nitrogens with one attached hydrogen (secondary N) is 2. The van der Waals surface area contributed by atoms with E-state index in [1.165, 1.54) is 22.7 Å². The van der Waals surface area contributed by atoms with Gasteiger partial charge in [-0.05, 0) is 36.6 Å². The Kier molecular flexibility index (Phi) is 5.49. The molecule has 8 nitrogen and oxygen atoms in total.